The average Bonchev–Trinajstić information content (AvgIpc) is 3.15. The summed E-state index contributed by atoms with van der Waals surface area (Å²) >= 11 is 0. The number of rotatable bonds is 4. The van der Waals surface area contributed by atoms with Gasteiger partial charge >= 0.3 is 29.6 Å². The number of nitrogens with one attached hydrogen (secondary N) is 1. The summed E-state index contributed by atoms with van der Waals surface area (Å²) in [5.41, 5.74) is -1.31. The summed E-state index contributed by atoms with van der Waals surface area (Å²) in [7, 11) is 0. The first-order valence-corrected chi connectivity index (χ1v) is 9.59. The van der Waals surface area contributed by atoms with E-state index in [2.05, 4.69) is 20.4 Å². The van der Waals surface area contributed by atoms with Crippen LogP contribution in [0.5, 0.6) is 5.75 Å². The zero-order valence-electron chi connectivity index (χ0n) is 18.2. The first-order valence-electron chi connectivity index (χ1n) is 9.59. The van der Waals surface area contributed by atoms with Crippen molar-refractivity contribution in [3.05, 3.63) is 63.6 Å². The number of benzene rings is 1. The quantitative estimate of drug-likeness (QED) is 0.437. The molecule has 162 valence electrons. The Kier molecular flexibility index (Phi) is 6.84. The molecule has 4 rings (SSSR count). The van der Waals surface area contributed by atoms with Crippen LogP contribution in [0.3, 0.4) is 0 Å². The molecule has 3 heterocycles. The van der Waals surface area contributed by atoms with Crippen LogP contribution in [0.15, 0.2) is 29.3 Å². The first-order chi connectivity index (χ1) is 14.7. The second-order valence-corrected chi connectivity index (χ2v) is 7.60. The topological polar surface area (TPSA) is 127 Å². The molecule has 1 amide bonds. The Labute approximate surface area is 204 Å². The Morgan fingerprint density at radius 1 is 1.38 bits per heavy atom. The van der Waals surface area contributed by atoms with Crippen LogP contribution in [0.4, 0.5) is 4.39 Å². The zero-order chi connectivity index (χ0) is 22.3. The van der Waals surface area contributed by atoms with E-state index in [0.29, 0.717) is 17.1 Å². The average molecular weight is 450 g/mol. The van der Waals surface area contributed by atoms with E-state index in [1.54, 1.807) is 20.8 Å². The molecule has 0 aliphatic carbocycles. The van der Waals surface area contributed by atoms with Gasteiger partial charge in [-0.3, -0.25) is 14.2 Å². The maximum atomic E-state index is 13.8. The summed E-state index contributed by atoms with van der Waals surface area (Å²) in [6.07, 6.45) is 1.33. The van der Waals surface area contributed by atoms with Crippen LogP contribution in [0.2, 0.25) is 0 Å². The van der Waals surface area contributed by atoms with E-state index in [0.717, 1.165) is 0 Å². The Morgan fingerprint density at radius 3 is 2.81 bits per heavy atom. The number of carbonyl (C=O) groups is 1. The number of hydrogen-bond acceptors (Lipinski definition) is 7. The van der Waals surface area contributed by atoms with Gasteiger partial charge in [-0.25, -0.2) is 19.0 Å². The molecular weight excluding hydrogens is 430 g/mol. The Morgan fingerprint density at radius 2 is 2.12 bits per heavy atom. The monoisotopic (exact) mass is 450 g/mol. The third-order valence-electron chi connectivity index (χ3n) is 5.09. The van der Waals surface area contributed by atoms with Gasteiger partial charge in [0.05, 0.1) is 18.8 Å². The van der Waals surface area contributed by atoms with Gasteiger partial charge in [0.15, 0.2) is 0 Å². The molecule has 0 fully saturated rings. The van der Waals surface area contributed by atoms with E-state index in [-0.39, 0.29) is 55.1 Å². The molecule has 0 bridgehead atoms. The first kappa shape index (κ1) is 24.1. The molecule has 0 saturated carbocycles. The summed E-state index contributed by atoms with van der Waals surface area (Å²) in [5.74, 6) is -1.52. The molecule has 2 aromatic heterocycles. The van der Waals surface area contributed by atoms with Crippen molar-refractivity contribution in [1.29, 1.82) is 0 Å². The molecule has 1 aliphatic heterocycles. The predicted octanol–water partition coefficient (Wildman–Crippen LogP) is -2.46. The molecule has 10 nitrogen and oxygen atoms in total. The smallest absolute Gasteiger partial charge is 0.867 e. The zero-order valence-corrected chi connectivity index (χ0v) is 20.2. The molecule has 0 radical (unpaired) electrons. The van der Waals surface area contributed by atoms with Crippen molar-refractivity contribution < 1.29 is 48.6 Å². The molecule has 1 aromatic carbocycles. The van der Waals surface area contributed by atoms with Crippen molar-refractivity contribution in [2.45, 2.75) is 39.5 Å². The summed E-state index contributed by atoms with van der Waals surface area (Å²) in [4.78, 5) is 33.4. The third kappa shape index (κ3) is 4.33. The number of hydrogen-bond donors (Lipinski definition) is 1. The maximum absolute atomic E-state index is 13.8. The fourth-order valence-corrected chi connectivity index (χ4v) is 3.49. The van der Waals surface area contributed by atoms with Gasteiger partial charge in [-0.05, 0) is 44.2 Å². The van der Waals surface area contributed by atoms with Crippen LogP contribution in [-0.4, -0.2) is 36.8 Å². The van der Waals surface area contributed by atoms with Crippen LogP contribution in [-0.2, 0) is 23.4 Å². The van der Waals surface area contributed by atoms with Gasteiger partial charge in [-0.15, -0.1) is 0 Å². The normalized spacial score (nSPS) is 14.4. The molecule has 0 spiro atoms. The SMILES string of the molecule is Cc1ncnn1-c1cc(F)ccc1CNC(=O)c1nc2n(c(=O)c1[O-])CCOC2(C)C.[Na+]. The molecule has 0 unspecified atom stereocenters. The van der Waals surface area contributed by atoms with E-state index >= 15 is 0 Å². The molecular formula is C20H20FN6NaO4. The minimum absolute atomic E-state index is 0. The molecule has 1 aliphatic rings. The van der Waals surface area contributed by atoms with E-state index < -0.39 is 34.3 Å². The number of fused-ring (bicyclic) bond motifs is 1. The number of carbonyl (C=O) groups excluding carboxylic acids is 1. The van der Waals surface area contributed by atoms with Crippen LogP contribution in [0, 0.1) is 12.7 Å². The van der Waals surface area contributed by atoms with Crippen molar-refractivity contribution in [2.24, 2.45) is 0 Å². The van der Waals surface area contributed by atoms with Gasteiger partial charge < -0.3 is 15.2 Å². The molecule has 32 heavy (non-hydrogen) atoms. The molecule has 12 heteroatoms. The minimum Gasteiger partial charge on any atom is -0.867 e. The van der Waals surface area contributed by atoms with Crippen molar-refractivity contribution in [1.82, 2.24) is 29.6 Å². The van der Waals surface area contributed by atoms with Gasteiger partial charge in [-0.2, -0.15) is 5.10 Å². The van der Waals surface area contributed by atoms with Gasteiger partial charge in [-0.1, -0.05) is 6.07 Å². The maximum Gasteiger partial charge on any atom is 1.00 e. The van der Waals surface area contributed by atoms with Crippen molar-refractivity contribution in [3.63, 3.8) is 0 Å². The summed E-state index contributed by atoms with van der Waals surface area (Å²) < 4.78 is 22.1. The number of nitrogens with zero attached hydrogens (tertiary/aromatic N) is 5. The minimum atomic E-state index is -0.981. The van der Waals surface area contributed by atoms with Gasteiger partial charge in [0.1, 0.15) is 35.1 Å². The fourth-order valence-electron chi connectivity index (χ4n) is 3.49. The van der Waals surface area contributed by atoms with Gasteiger partial charge in [0.2, 0.25) is 5.56 Å². The van der Waals surface area contributed by atoms with Crippen LogP contribution in [0.25, 0.3) is 5.69 Å². The Balaban J connectivity index is 0.00000289. The van der Waals surface area contributed by atoms with Crippen LogP contribution in [0.1, 0.15) is 41.5 Å². The molecule has 3 aromatic rings. The summed E-state index contributed by atoms with van der Waals surface area (Å²) in [6, 6.07) is 4.02. The van der Waals surface area contributed by atoms with Gasteiger partial charge in [0, 0.05) is 6.54 Å². The summed E-state index contributed by atoms with van der Waals surface area (Å²) in [6.45, 7) is 5.54. The Hall–Kier alpha value is -2.60. The number of amides is 1. The largest absolute Gasteiger partial charge is 1.00 e. The number of ether oxygens (including phenoxy) is 1. The van der Waals surface area contributed by atoms with Crippen LogP contribution < -0.4 is 45.5 Å². The second-order valence-electron chi connectivity index (χ2n) is 7.60. The summed E-state index contributed by atoms with van der Waals surface area (Å²) in [5, 5.41) is 19.1. The van der Waals surface area contributed by atoms with Crippen molar-refractivity contribution in [3.8, 4) is 11.4 Å². The molecule has 0 atom stereocenters. The second kappa shape index (κ2) is 9.10. The van der Waals surface area contributed by atoms with E-state index in [1.165, 1.54) is 33.8 Å². The number of aromatic nitrogens is 5. The predicted molar refractivity (Wildman–Crippen MR) is 104 cm³/mol. The third-order valence-corrected chi connectivity index (χ3v) is 5.09. The van der Waals surface area contributed by atoms with Crippen LogP contribution >= 0.6 is 0 Å². The van der Waals surface area contributed by atoms with E-state index in [1.807, 2.05) is 0 Å². The standard InChI is InChI=1S/C20H21FN6O4.Na/c1-11-23-10-24-27(11)14-8-13(21)5-4-12(14)9-22-17(29)15-16(28)18(30)26-6-7-31-20(2,3)19(26)25-15;/h4-5,8,10,28H,6-7,9H2,1-3H3,(H,22,29);/q;+1/p-1. The number of halogens is 1. The van der Waals surface area contributed by atoms with Crippen molar-refractivity contribution in [2.75, 3.05) is 6.61 Å². The Bertz CT molecular complexity index is 1240. The van der Waals surface area contributed by atoms with E-state index in [4.69, 9.17) is 4.74 Å². The fraction of sp³-hybridized carbons (Fsp3) is 0.350. The molecule has 0 saturated heterocycles. The van der Waals surface area contributed by atoms with E-state index in [9.17, 15) is 19.1 Å². The number of aryl methyl sites for hydroxylation is 1. The van der Waals surface area contributed by atoms with Crippen molar-refractivity contribution >= 4 is 5.91 Å². The molecule has 1 N–H and O–H groups in total. The van der Waals surface area contributed by atoms with Gasteiger partial charge in [0.25, 0.3) is 5.91 Å².